The van der Waals surface area contributed by atoms with Crippen molar-refractivity contribution in [1.82, 2.24) is 0 Å². The molecule has 5 heteroatoms. The first kappa shape index (κ1) is 15.4. The van der Waals surface area contributed by atoms with Gasteiger partial charge in [-0.05, 0) is 30.3 Å². The summed E-state index contributed by atoms with van der Waals surface area (Å²) < 4.78 is 0. The molecule has 2 rings (SSSR count). The van der Waals surface area contributed by atoms with Crippen molar-refractivity contribution in [3.8, 4) is 11.8 Å². The Bertz CT molecular complexity index is 733. The third-order valence-corrected chi connectivity index (χ3v) is 3.41. The number of benzene rings is 2. The number of rotatable bonds is 2. The van der Waals surface area contributed by atoms with Gasteiger partial charge in [0.05, 0.1) is 22.2 Å². The van der Waals surface area contributed by atoms with E-state index in [0.29, 0.717) is 26.9 Å². The molecule has 3 N–H and O–H groups in total. The summed E-state index contributed by atoms with van der Waals surface area (Å²) in [6, 6.07) is 12.0. The van der Waals surface area contributed by atoms with E-state index in [1.54, 1.807) is 36.4 Å². The molecular formula is C16H12Cl2N2O. The molecule has 0 aromatic heterocycles. The van der Waals surface area contributed by atoms with Crippen LogP contribution in [0.1, 0.15) is 15.9 Å². The van der Waals surface area contributed by atoms with Gasteiger partial charge < -0.3 is 11.1 Å². The highest BCUT2D eigenvalue weighted by Crippen LogP contribution is 2.25. The maximum Gasteiger partial charge on any atom is 0.256 e. The van der Waals surface area contributed by atoms with E-state index in [2.05, 4.69) is 17.2 Å². The zero-order chi connectivity index (χ0) is 15.2. The number of hydrogen-bond donors (Lipinski definition) is 2. The van der Waals surface area contributed by atoms with Gasteiger partial charge in [0.1, 0.15) is 0 Å². The van der Waals surface area contributed by atoms with Gasteiger partial charge in [0, 0.05) is 11.3 Å². The fraction of sp³-hybridized carbons (Fsp3) is 0.0625. The second-order valence-electron chi connectivity index (χ2n) is 4.13. The van der Waals surface area contributed by atoms with Crippen molar-refractivity contribution < 1.29 is 4.79 Å². The average Bonchev–Trinajstić information content (AvgIpc) is 2.49. The highest BCUT2D eigenvalue weighted by Gasteiger charge is 2.10. The largest absolute Gasteiger partial charge is 0.322 e. The lowest BCUT2D eigenvalue weighted by molar-refractivity contribution is 0.102. The Morgan fingerprint density at radius 2 is 1.90 bits per heavy atom. The number of carbonyl (C=O) groups excluding carboxylic acids is 1. The van der Waals surface area contributed by atoms with Gasteiger partial charge in [-0.3, -0.25) is 4.79 Å². The smallest absolute Gasteiger partial charge is 0.256 e. The van der Waals surface area contributed by atoms with Crippen molar-refractivity contribution in [2.75, 3.05) is 11.9 Å². The maximum absolute atomic E-state index is 12.3. The normalized spacial score (nSPS) is 9.67. The standard InChI is InChI=1S/C16H12Cl2N2O/c17-14-8-7-12(10-15(14)18)20-16(21)13-6-2-1-4-11(13)5-3-9-19/h1-2,4,6-8,10H,9,19H2,(H,20,21). The lowest BCUT2D eigenvalue weighted by atomic mass is 10.1. The molecule has 0 aliphatic rings. The van der Waals surface area contributed by atoms with Crippen LogP contribution in [-0.2, 0) is 0 Å². The molecule has 0 spiro atoms. The summed E-state index contributed by atoms with van der Waals surface area (Å²) in [6.45, 7) is 0.239. The second-order valence-corrected chi connectivity index (χ2v) is 4.95. The first-order valence-electron chi connectivity index (χ1n) is 6.16. The van der Waals surface area contributed by atoms with Crippen LogP contribution in [0.3, 0.4) is 0 Å². The van der Waals surface area contributed by atoms with Gasteiger partial charge in [-0.1, -0.05) is 47.2 Å². The van der Waals surface area contributed by atoms with Gasteiger partial charge in [0.15, 0.2) is 0 Å². The maximum atomic E-state index is 12.3. The van der Waals surface area contributed by atoms with Gasteiger partial charge >= 0.3 is 0 Å². The van der Waals surface area contributed by atoms with E-state index in [9.17, 15) is 4.79 Å². The summed E-state index contributed by atoms with van der Waals surface area (Å²) in [5, 5.41) is 3.58. The fourth-order valence-corrected chi connectivity index (χ4v) is 2.01. The Balaban J connectivity index is 2.26. The van der Waals surface area contributed by atoms with Gasteiger partial charge in [-0.2, -0.15) is 0 Å². The summed E-state index contributed by atoms with van der Waals surface area (Å²) in [5.41, 5.74) is 7.02. The lowest BCUT2D eigenvalue weighted by Gasteiger charge is -2.08. The van der Waals surface area contributed by atoms with E-state index < -0.39 is 0 Å². The van der Waals surface area contributed by atoms with E-state index in [0.717, 1.165) is 0 Å². The van der Waals surface area contributed by atoms with Crippen LogP contribution < -0.4 is 11.1 Å². The van der Waals surface area contributed by atoms with Crippen LogP contribution in [0.4, 0.5) is 5.69 Å². The molecule has 0 heterocycles. The van der Waals surface area contributed by atoms with Gasteiger partial charge in [0.25, 0.3) is 5.91 Å². The minimum absolute atomic E-state index is 0.239. The number of nitrogens with two attached hydrogens (primary N) is 1. The summed E-state index contributed by atoms with van der Waals surface area (Å²) in [6.07, 6.45) is 0. The van der Waals surface area contributed by atoms with Crippen molar-refractivity contribution >= 4 is 34.8 Å². The molecule has 0 aliphatic carbocycles. The Morgan fingerprint density at radius 3 is 2.62 bits per heavy atom. The molecule has 2 aromatic carbocycles. The van der Waals surface area contributed by atoms with Crippen LogP contribution in [-0.4, -0.2) is 12.5 Å². The molecule has 0 aliphatic heterocycles. The summed E-state index contributed by atoms with van der Waals surface area (Å²) in [7, 11) is 0. The average molecular weight is 319 g/mol. The number of nitrogens with one attached hydrogen (secondary N) is 1. The van der Waals surface area contributed by atoms with Crippen molar-refractivity contribution in [2.24, 2.45) is 5.73 Å². The van der Waals surface area contributed by atoms with Crippen LogP contribution in [0, 0.1) is 11.8 Å². The summed E-state index contributed by atoms with van der Waals surface area (Å²) in [4.78, 5) is 12.3. The first-order chi connectivity index (χ1) is 10.1. The third-order valence-electron chi connectivity index (χ3n) is 2.67. The molecule has 0 saturated heterocycles. The Hall–Kier alpha value is -1.99. The quantitative estimate of drug-likeness (QED) is 0.832. The molecule has 1 amide bonds. The predicted molar refractivity (Wildman–Crippen MR) is 86.8 cm³/mol. The van der Waals surface area contributed by atoms with Crippen molar-refractivity contribution in [3.63, 3.8) is 0 Å². The molecular weight excluding hydrogens is 307 g/mol. The molecule has 106 valence electrons. The summed E-state index contributed by atoms with van der Waals surface area (Å²) in [5.74, 6) is 5.35. The molecule has 0 saturated carbocycles. The van der Waals surface area contributed by atoms with E-state index in [4.69, 9.17) is 28.9 Å². The van der Waals surface area contributed by atoms with Gasteiger partial charge in [-0.25, -0.2) is 0 Å². The minimum Gasteiger partial charge on any atom is -0.322 e. The minimum atomic E-state index is -0.268. The molecule has 0 radical (unpaired) electrons. The topological polar surface area (TPSA) is 55.1 Å². The molecule has 0 bridgehead atoms. The van der Waals surface area contributed by atoms with Crippen LogP contribution in [0.25, 0.3) is 0 Å². The molecule has 0 fully saturated rings. The number of carbonyl (C=O) groups is 1. The predicted octanol–water partition coefficient (Wildman–Crippen LogP) is 3.56. The zero-order valence-electron chi connectivity index (χ0n) is 11.0. The van der Waals surface area contributed by atoms with Crippen molar-refractivity contribution in [1.29, 1.82) is 0 Å². The number of anilines is 1. The van der Waals surface area contributed by atoms with Crippen molar-refractivity contribution in [3.05, 3.63) is 63.6 Å². The van der Waals surface area contributed by atoms with E-state index >= 15 is 0 Å². The molecule has 21 heavy (non-hydrogen) atoms. The lowest BCUT2D eigenvalue weighted by Crippen LogP contribution is -2.13. The third kappa shape index (κ3) is 3.99. The van der Waals surface area contributed by atoms with Crippen LogP contribution >= 0.6 is 23.2 Å². The van der Waals surface area contributed by atoms with Crippen LogP contribution in [0.5, 0.6) is 0 Å². The Morgan fingerprint density at radius 1 is 1.14 bits per heavy atom. The second kappa shape index (κ2) is 7.14. The monoisotopic (exact) mass is 318 g/mol. The van der Waals surface area contributed by atoms with Gasteiger partial charge in [0.2, 0.25) is 0 Å². The van der Waals surface area contributed by atoms with Gasteiger partial charge in [-0.15, -0.1) is 0 Å². The zero-order valence-corrected chi connectivity index (χ0v) is 12.5. The van der Waals surface area contributed by atoms with E-state index in [1.165, 1.54) is 0 Å². The Labute approximate surface area is 133 Å². The molecule has 0 unspecified atom stereocenters. The number of halogens is 2. The highest BCUT2D eigenvalue weighted by atomic mass is 35.5. The molecule has 2 aromatic rings. The number of hydrogen-bond acceptors (Lipinski definition) is 2. The van der Waals surface area contributed by atoms with Crippen molar-refractivity contribution in [2.45, 2.75) is 0 Å². The van der Waals surface area contributed by atoms with E-state index in [1.807, 2.05) is 6.07 Å². The SMILES string of the molecule is NCC#Cc1ccccc1C(=O)Nc1ccc(Cl)c(Cl)c1. The fourth-order valence-electron chi connectivity index (χ4n) is 1.71. The molecule has 3 nitrogen and oxygen atoms in total. The van der Waals surface area contributed by atoms with Crippen LogP contribution in [0.15, 0.2) is 42.5 Å². The Kier molecular flexibility index (Phi) is 5.24. The van der Waals surface area contributed by atoms with Crippen LogP contribution in [0.2, 0.25) is 10.0 Å². The highest BCUT2D eigenvalue weighted by molar-refractivity contribution is 6.42. The first-order valence-corrected chi connectivity index (χ1v) is 6.92. The number of amides is 1. The summed E-state index contributed by atoms with van der Waals surface area (Å²) >= 11 is 11.8. The van der Waals surface area contributed by atoms with E-state index in [-0.39, 0.29) is 12.5 Å². The molecule has 0 atom stereocenters.